The van der Waals surface area contributed by atoms with Crippen LogP contribution in [-0.2, 0) is 16.0 Å². The van der Waals surface area contributed by atoms with E-state index in [0.717, 1.165) is 32.5 Å². The lowest BCUT2D eigenvalue weighted by atomic mass is 10.1. The molecule has 4 nitrogen and oxygen atoms in total. The molecule has 126 valence electrons. The first-order valence-electron chi connectivity index (χ1n) is 8.26. The molecule has 2 atom stereocenters. The van der Waals surface area contributed by atoms with E-state index in [1.165, 1.54) is 11.1 Å². The molecule has 2 rings (SSSR count). The van der Waals surface area contributed by atoms with Crippen molar-refractivity contribution >= 4 is 0 Å². The van der Waals surface area contributed by atoms with Crippen LogP contribution < -0.4 is 0 Å². The van der Waals surface area contributed by atoms with Crippen LogP contribution >= 0.6 is 0 Å². The molecule has 1 aliphatic heterocycles. The average Bonchev–Trinajstić information content (AvgIpc) is 3.03. The zero-order chi connectivity index (χ0) is 16.5. The van der Waals surface area contributed by atoms with E-state index in [1.807, 2.05) is 0 Å². The summed E-state index contributed by atoms with van der Waals surface area (Å²) in [6.45, 7) is 5.61. The van der Waals surface area contributed by atoms with Gasteiger partial charge in [-0.15, -0.1) is 6.42 Å². The SMILES string of the molecule is C#CCOC[C@H](O)CN(Cc1ccc(C)cc1)C[C@H]1CCCO1. The molecule has 0 radical (unpaired) electrons. The van der Waals surface area contributed by atoms with Gasteiger partial charge >= 0.3 is 0 Å². The first-order valence-corrected chi connectivity index (χ1v) is 8.26. The molecule has 0 saturated carbocycles. The minimum absolute atomic E-state index is 0.237. The van der Waals surface area contributed by atoms with Crippen molar-refractivity contribution in [1.29, 1.82) is 0 Å². The zero-order valence-corrected chi connectivity index (χ0v) is 13.9. The van der Waals surface area contributed by atoms with Gasteiger partial charge in [-0.25, -0.2) is 0 Å². The third kappa shape index (κ3) is 6.72. The highest BCUT2D eigenvalue weighted by Crippen LogP contribution is 2.16. The number of rotatable bonds is 9. The summed E-state index contributed by atoms with van der Waals surface area (Å²) < 4.78 is 11.0. The molecule has 4 heteroatoms. The maximum absolute atomic E-state index is 10.2. The molecule has 1 saturated heterocycles. The van der Waals surface area contributed by atoms with Gasteiger partial charge < -0.3 is 14.6 Å². The maximum atomic E-state index is 10.2. The van der Waals surface area contributed by atoms with Crippen LogP contribution in [0.3, 0.4) is 0 Å². The quantitative estimate of drug-likeness (QED) is 0.559. The van der Waals surface area contributed by atoms with Gasteiger partial charge in [-0.3, -0.25) is 4.90 Å². The number of aliphatic hydroxyl groups is 1. The molecule has 0 amide bonds. The fourth-order valence-electron chi connectivity index (χ4n) is 2.84. The first-order chi connectivity index (χ1) is 11.2. The Balaban J connectivity index is 1.90. The van der Waals surface area contributed by atoms with Crippen molar-refractivity contribution < 1.29 is 14.6 Å². The molecule has 1 aromatic carbocycles. The van der Waals surface area contributed by atoms with Gasteiger partial charge in [0.2, 0.25) is 0 Å². The number of aliphatic hydroxyl groups excluding tert-OH is 1. The Morgan fingerprint density at radius 3 is 2.87 bits per heavy atom. The molecular weight excluding hydrogens is 290 g/mol. The Morgan fingerprint density at radius 2 is 2.22 bits per heavy atom. The molecule has 0 aliphatic carbocycles. The molecule has 0 spiro atoms. The van der Waals surface area contributed by atoms with Crippen LogP contribution in [0.25, 0.3) is 0 Å². The van der Waals surface area contributed by atoms with E-state index < -0.39 is 6.10 Å². The summed E-state index contributed by atoms with van der Waals surface area (Å²) in [4.78, 5) is 2.24. The van der Waals surface area contributed by atoms with Crippen molar-refractivity contribution in [2.45, 2.75) is 38.5 Å². The standard InChI is InChI=1S/C19H27NO3/c1-3-10-22-15-18(21)13-20(14-19-5-4-11-23-19)12-17-8-6-16(2)7-9-17/h1,6-9,18-19,21H,4-5,10-15H2,2H3/t18-,19-/m1/s1. The Bertz CT molecular complexity index is 488. The molecule has 1 N–H and O–H groups in total. The number of terminal acetylenes is 1. The van der Waals surface area contributed by atoms with Gasteiger partial charge in [0, 0.05) is 26.2 Å². The fraction of sp³-hybridized carbons (Fsp3) is 0.579. The van der Waals surface area contributed by atoms with E-state index in [4.69, 9.17) is 15.9 Å². The van der Waals surface area contributed by atoms with E-state index in [9.17, 15) is 5.11 Å². The molecular formula is C19H27NO3. The van der Waals surface area contributed by atoms with Crippen molar-refractivity contribution in [3.8, 4) is 12.3 Å². The van der Waals surface area contributed by atoms with Gasteiger partial charge in [-0.1, -0.05) is 35.7 Å². The summed E-state index contributed by atoms with van der Waals surface area (Å²) in [7, 11) is 0. The summed E-state index contributed by atoms with van der Waals surface area (Å²) >= 11 is 0. The minimum atomic E-state index is -0.546. The third-order valence-electron chi connectivity index (χ3n) is 3.98. The van der Waals surface area contributed by atoms with E-state index >= 15 is 0 Å². The molecule has 0 unspecified atom stereocenters. The van der Waals surface area contributed by atoms with Crippen LogP contribution in [0.4, 0.5) is 0 Å². The Kier molecular flexibility index (Phi) is 7.57. The first kappa shape index (κ1) is 18.0. The minimum Gasteiger partial charge on any atom is -0.389 e. The summed E-state index contributed by atoms with van der Waals surface area (Å²) in [5.41, 5.74) is 2.49. The molecule has 0 aromatic heterocycles. The molecule has 1 heterocycles. The average molecular weight is 317 g/mol. The second-order valence-electron chi connectivity index (χ2n) is 6.19. The summed E-state index contributed by atoms with van der Waals surface area (Å²) in [6, 6.07) is 8.51. The molecule has 0 bridgehead atoms. The summed E-state index contributed by atoms with van der Waals surface area (Å²) in [5, 5.41) is 10.2. The Hall–Kier alpha value is -1.38. The number of benzene rings is 1. The topological polar surface area (TPSA) is 41.9 Å². The Labute approximate surface area is 139 Å². The van der Waals surface area contributed by atoms with Crippen molar-refractivity contribution in [2.75, 3.05) is 32.9 Å². The van der Waals surface area contributed by atoms with Gasteiger partial charge in [0.15, 0.2) is 0 Å². The van der Waals surface area contributed by atoms with Gasteiger partial charge in [-0.05, 0) is 25.3 Å². The number of ether oxygens (including phenoxy) is 2. The monoisotopic (exact) mass is 317 g/mol. The highest BCUT2D eigenvalue weighted by Gasteiger charge is 2.21. The number of aryl methyl sites for hydroxylation is 1. The second-order valence-corrected chi connectivity index (χ2v) is 6.19. The molecule has 1 aliphatic rings. The van der Waals surface area contributed by atoms with Crippen LogP contribution in [0.2, 0.25) is 0 Å². The molecule has 23 heavy (non-hydrogen) atoms. The van der Waals surface area contributed by atoms with Gasteiger partial charge in [0.05, 0.1) is 18.8 Å². The number of hydrogen-bond acceptors (Lipinski definition) is 4. The summed E-state index contributed by atoms with van der Waals surface area (Å²) in [5.74, 6) is 2.41. The van der Waals surface area contributed by atoms with Gasteiger partial charge in [0.1, 0.15) is 6.61 Å². The number of hydrogen-bond donors (Lipinski definition) is 1. The number of nitrogens with zero attached hydrogens (tertiary/aromatic N) is 1. The smallest absolute Gasteiger partial charge is 0.107 e. The molecule has 1 aromatic rings. The normalized spacial score (nSPS) is 19.0. The van der Waals surface area contributed by atoms with Crippen LogP contribution in [0.5, 0.6) is 0 Å². The summed E-state index contributed by atoms with van der Waals surface area (Å²) in [6.07, 6.45) is 7.09. The predicted molar refractivity (Wildman–Crippen MR) is 91.1 cm³/mol. The lowest BCUT2D eigenvalue weighted by molar-refractivity contribution is 0.00955. The highest BCUT2D eigenvalue weighted by atomic mass is 16.5. The van der Waals surface area contributed by atoms with Crippen molar-refractivity contribution in [1.82, 2.24) is 4.90 Å². The second kappa shape index (κ2) is 9.69. The fourth-order valence-corrected chi connectivity index (χ4v) is 2.84. The van der Waals surface area contributed by atoms with Crippen LogP contribution in [0, 0.1) is 19.3 Å². The van der Waals surface area contributed by atoms with Crippen LogP contribution in [0.15, 0.2) is 24.3 Å². The van der Waals surface area contributed by atoms with Crippen molar-refractivity contribution in [3.05, 3.63) is 35.4 Å². The van der Waals surface area contributed by atoms with E-state index in [1.54, 1.807) is 0 Å². The van der Waals surface area contributed by atoms with E-state index in [2.05, 4.69) is 42.0 Å². The van der Waals surface area contributed by atoms with Crippen LogP contribution in [0.1, 0.15) is 24.0 Å². The molecule has 1 fully saturated rings. The van der Waals surface area contributed by atoms with Crippen molar-refractivity contribution in [3.63, 3.8) is 0 Å². The Morgan fingerprint density at radius 1 is 1.43 bits per heavy atom. The zero-order valence-electron chi connectivity index (χ0n) is 13.9. The lowest BCUT2D eigenvalue weighted by Gasteiger charge is -2.27. The predicted octanol–water partition coefficient (Wildman–Crippen LogP) is 1.99. The van der Waals surface area contributed by atoms with Gasteiger partial charge in [0.25, 0.3) is 0 Å². The highest BCUT2D eigenvalue weighted by molar-refractivity contribution is 5.21. The maximum Gasteiger partial charge on any atom is 0.107 e. The van der Waals surface area contributed by atoms with E-state index in [-0.39, 0.29) is 19.3 Å². The largest absolute Gasteiger partial charge is 0.389 e. The van der Waals surface area contributed by atoms with Crippen LogP contribution in [-0.4, -0.2) is 55.1 Å². The van der Waals surface area contributed by atoms with E-state index in [0.29, 0.717) is 6.54 Å². The van der Waals surface area contributed by atoms with Crippen molar-refractivity contribution in [2.24, 2.45) is 0 Å². The lowest BCUT2D eigenvalue weighted by Crippen LogP contribution is -2.39. The third-order valence-corrected chi connectivity index (χ3v) is 3.98. The van der Waals surface area contributed by atoms with Gasteiger partial charge in [-0.2, -0.15) is 0 Å².